The maximum Gasteiger partial charge on any atom is 0.128 e. The first-order valence-electron chi connectivity index (χ1n) is 5.57. The molecular weight excluding hydrogens is 214 g/mol. The van der Waals surface area contributed by atoms with Crippen molar-refractivity contribution in [1.82, 2.24) is 4.98 Å². The summed E-state index contributed by atoms with van der Waals surface area (Å²) in [5.74, 6) is 1.03. The van der Waals surface area contributed by atoms with Crippen LogP contribution < -0.4 is 10.5 Å². The van der Waals surface area contributed by atoms with Crippen molar-refractivity contribution in [3.05, 3.63) is 36.5 Å². The second kappa shape index (κ2) is 5.30. The number of hydrogen-bond acceptors (Lipinski definition) is 3. The lowest BCUT2D eigenvalue weighted by Gasteiger charge is -2.08. The first-order valence-corrected chi connectivity index (χ1v) is 5.57. The van der Waals surface area contributed by atoms with Gasteiger partial charge < -0.3 is 10.5 Å². The van der Waals surface area contributed by atoms with E-state index in [2.05, 4.69) is 4.98 Å². The zero-order valence-electron chi connectivity index (χ0n) is 9.52. The number of pyridine rings is 1. The lowest BCUT2D eigenvalue weighted by molar-refractivity contribution is 0.317. The van der Waals surface area contributed by atoms with Crippen molar-refractivity contribution in [2.24, 2.45) is 5.73 Å². The average Bonchev–Trinajstić information content (AvgIpc) is 2.34. The Morgan fingerprint density at radius 2 is 2.18 bits per heavy atom. The quantitative estimate of drug-likeness (QED) is 0.469. The third-order valence-corrected chi connectivity index (χ3v) is 2.45. The minimum absolute atomic E-state index is 0.202. The van der Waals surface area contributed by atoms with E-state index < -0.39 is 0 Å². The van der Waals surface area contributed by atoms with Crippen LogP contribution in [0, 0.1) is 5.41 Å². The van der Waals surface area contributed by atoms with E-state index in [1.165, 1.54) is 0 Å². The Morgan fingerprint density at radius 3 is 3.00 bits per heavy atom. The molecule has 0 saturated carbocycles. The standard InChI is InChI=1S/C13H15N3O/c14-13(15)7-3-9-17-12-6-1-5-11-10(12)4-2-8-16-11/h1-2,4-6,8H,3,7,9H2,(H3,14,15). The summed E-state index contributed by atoms with van der Waals surface area (Å²) in [4.78, 5) is 4.26. The second-order valence-corrected chi connectivity index (χ2v) is 3.80. The molecule has 88 valence electrons. The molecule has 0 aliphatic carbocycles. The zero-order chi connectivity index (χ0) is 12.1. The third kappa shape index (κ3) is 2.93. The SMILES string of the molecule is N=C(N)CCCOc1cccc2ncccc12. The van der Waals surface area contributed by atoms with E-state index in [0.717, 1.165) is 23.1 Å². The van der Waals surface area contributed by atoms with E-state index >= 15 is 0 Å². The largest absolute Gasteiger partial charge is 0.493 e. The predicted molar refractivity (Wildman–Crippen MR) is 68.4 cm³/mol. The van der Waals surface area contributed by atoms with Crippen molar-refractivity contribution < 1.29 is 4.74 Å². The number of nitrogens with one attached hydrogen (secondary N) is 1. The van der Waals surface area contributed by atoms with Gasteiger partial charge in [0, 0.05) is 18.0 Å². The van der Waals surface area contributed by atoms with Crippen molar-refractivity contribution in [3.63, 3.8) is 0 Å². The van der Waals surface area contributed by atoms with Crippen LogP contribution in [0.3, 0.4) is 0 Å². The molecule has 2 rings (SSSR count). The van der Waals surface area contributed by atoms with Crippen LogP contribution in [0.15, 0.2) is 36.5 Å². The number of nitrogens with two attached hydrogens (primary N) is 1. The fourth-order valence-electron chi connectivity index (χ4n) is 1.65. The van der Waals surface area contributed by atoms with Crippen LogP contribution >= 0.6 is 0 Å². The Morgan fingerprint density at radius 1 is 1.29 bits per heavy atom. The molecule has 4 nitrogen and oxygen atoms in total. The number of aromatic nitrogens is 1. The molecule has 17 heavy (non-hydrogen) atoms. The molecule has 1 aromatic carbocycles. The molecule has 0 saturated heterocycles. The molecule has 0 bridgehead atoms. The van der Waals surface area contributed by atoms with Crippen molar-refractivity contribution in [1.29, 1.82) is 5.41 Å². The maximum absolute atomic E-state index is 7.12. The first-order chi connectivity index (χ1) is 8.27. The summed E-state index contributed by atoms with van der Waals surface area (Å²) < 4.78 is 5.68. The van der Waals surface area contributed by atoms with Gasteiger partial charge in [-0.25, -0.2) is 0 Å². The molecule has 1 aromatic heterocycles. The number of hydrogen-bond donors (Lipinski definition) is 2. The molecule has 0 fully saturated rings. The molecule has 0 aliphatic heterocycles. The predicted octanol–water partition coefficient (Wildman–Crippen LogP) is 2.33. The molecule has 2 aromatic rings. The minimum Gasteiger partial charge on any atom is -0.493 e. The summed E-state index contributed by atoms with van der Waals surface area (Å²) in [6.07, 6.45) is 3.09. The Hall–Kier alpha value is -2.10. The topological polar surface area (TPSA) is 72.0 Å². The Bertz CT molecular complexity index is 520. The molecule has 4 heteroatoms. The van der Waals surface area contributed by atoms with Gasteiger partial charge in [0.15, 0.2) is 0 Å². The number of amidine groups is 1. The lowest BCUT2D eigenvalue weighted by Crippen LogP contribution is -2.11. The van der Waals surface area contributed by atoms with Crippen molar-refractivity contribution >= 4 is 16.7 Å². The van der Waals surface area contributed by atoms with Crippen LogP contribution in [0.2, 0.25) is 0 Å². The molecule has 0 spiro atoms. The molecule has 0 radical (unpaired) electrons. The highest BCUT2D eigenvalue weighted by Gasteiger charge is 2.01. The van der Waals surface area contributed by atoms with Gasteiger partial charge >= 0.3 is 0 Å². The molecule has 1 heterocycles. The number of fused-ring (bicyclic) bond motifs is 1. The van der Waals surface area contributed by atoms with E-state index in [1.807, 2.05) is 30.3 Å². The fourth-order valence-corrected chi connectivity index (χ4v) is 1.65. The van der Waals surface area contributed by atoms with Gasteiger partial charge in [-0.1, -0.05) is 6.07 Å². The van der Waals surface area contributed by atoms with Gasteiger partial charge in [-0.05, 0) is 30.7 Å². The lowest BCUT2D eigenvalue weighted by atomic mass is 10.2. The highest BCUT2D eigenvalue weighted by molar-refractivity contribution is 5.84. The van der Waals surface area contributed by atoms with Gasteiger partial charge in [-0.3, -0.25) is 10.4 Å². The summed E-state index contributed by atoms with van der Waals surface area (Å²) >= 11 is 0. The van der Waals surface area contributed by atoms with Crippen LogP contribution in [0.4, 0.5) is 0 Å². The van der Waals surface area contributed by atoms with Gasteiger partial charge in [-0.2, -0.15) is 0 Å². The van der Waals surface area contributed by atoms with Gasteiger partial charge in [0.2, 0.25) is 0 Å². The average molecular weight is 229 g/mol. The number of benzene rings is 1. The van der Waals surface area contributed by atoms with Crippen LogP contribution in [-0.4, -0.2) is 17.4 Å². The van der Waals surface area contributed by atoms with Gasteiger partial charge in [0.05, 0.1) is 18.0 Å². The molecule has 3 N–H and O–H groups in total. The van der Waals surface area contributed by atoms with Crippen molar-refractivity contribution in [2.75, 3.05) is 6.61 Å². The van der Waals surface area contributed by atoms with Gasteiger partial charge in [-0.15, -0.1) is 0 Å². The number of nitrogens with zero attached hydrogens (tertiary/aromatic N) is 1. The minimum atomic E-state index is 0.202. The maximum atomic E-state index is 7.12. The summed E-state index contributed by atoms with van der Waals surface area (Å²) in [6, 6.07) is 9.69. The fraction of sp³-hybridized carbons (Fsp3) is 0.231. The third-order valence-electron chi connectivity index (χ3n) is 2.45. The van der Waals surface area contributed by atoms with E-state index in [0.29, 0.717) is 13.0 Å². The normalized spacial score (nSPS) is 10.4. The van der Waals surface area contributed by atoms with Gasteiger partial charge in [0.25, 0.3) is 0 Å². The summed E-state index contributed by atoms with van der Waals surface area (Å²) in [6.45, 7) is 0.563. The number of rotatable bonds is 5. The number of ether oxygens (including phenoxy) is 1. The van der Waals surface area contributed by atoms with Crippen LogP contribution in [0.1, 0.15) is 12.8 Å². The first kappa shape index (κ1) is 11.4. The Balaban J connectivity index is 2.05. The van der Waals surface area contributed by atoms with E-state index in [4.69, 9.17) is 15.9 Å². The molecular formula is C13H15N3O. The monoisotopic (exact) mass is 229 g/mol. The molecule has 0 aliphatic rings. The van der Waals surface area contributed by atoms with E-state index in [9.17, 15) is 0 Å². The van der Waals surface area contributed by atoms with Crippen LogP contribution in [-0.2, 0) is 0 Å². The highest BCUT2D eigenvalue weighted by atomic mass is 16.5. The smallest absolute Gasteiger partial charge is 0.128 e. The second-order valence-electron chi connectivity index (χ2n) is 3.80. The summed E-state index contributed by atoms with van der Waals surface area (Å²) in [5.41, 5.74) is 6.21. The zero-order valence-corrected chi connectivity index (χ0v) is 9.52. The van der Waals surface area contributed by atoms with Gasteiger partial charge in [0.1, 0.15) is 5.75 Å². The van der Waals surface area contributed by atoms with Crippen molar-refractivity contribution in [3.8, 4) is 5.75 Å². The van der Waals surface area contributed by atoms with Crippen LogP contribution in [0.5, 0.6) is 5.75 Å². The van der Waals surface area contributed by atoms with Crippen LogP contribution in [0.25, 0.3) is 10.9 Å². The Kier molecular flexibility index (Phi) is 3.55. The van der Waals surface area contributed by atoms with Crippen molar-refractivity contribution in [2.45, 2.75) is 12.8 Å². The summed E-state index contributed by atoms with van der Waals surface area (Å²) in [7, 11) is 0. The molecule has 0 atom stereocenters. The van der Waals surface area contributed by atoms with E-state index in [1.54, 1.807) is 6.20 Å². The molecule has 0 unspecified atom stereocenters. The summed E-state index contributed by atoms with van der Waals surface area (Å²) in [5, 5.41) is 8.13. The molecule has 0 amide bonds. The highest BCUT2D eigenvalue weighted by Crippen LogP contribution is 2.23. The Labute approximate surface area is 99.9 Å². The van der Waals surface area contributed by atoms with E-state index in [-0.39, 0.29) is 5.84 Å².